The maximum atomic E-state index is 13.7. The zero-order valence-corrected chi connectivity index (χ0v) is 8.13. The van der Waals surface area contributed by atoms with Gasteiger partial charge < -0.3 is 5.73 Å². The maximum Gasteiger partial charge on any atom is 0.129 e. The van der Waals surface area contributed by atoms with E-state index in [0.29, 0.717) is 6.54 Å². The lowest BCUT2D eigenvalue weighted by Gasteiger charge is -2.16. The molecule has 0 aliphatic carbocycles. The molecule has 0 saturated heterocycles. The first-order valence-electron chi connectivity index (χ1n) is 4.56. The number of aryl methyl sites for hydroxylation is 1. The van der Waals surface area contributed by atoms with Gasteiger partial charge in [-0.15, -0.1) is 0 Å². The SMILES string of the molecule is Cc1ccccc1C(F)C(C)CN. The molecule has 2 heteroatoms. The minimum Gasteiger partial charge on any atom is -0.330 e. The molecule has 0 amide bonds. The molecule has 13 heavy (non-hydrogen) atoms. The van der Waals surface area contributed by atoms with Crippen molar-refractivity contribution in [3.8, 4) is 0 Å². The summed E-state index contributed by atoms with van der Waals surface area (Å²) in [5, 5.41) is 0. The normalized spacial score (nSPS) is 15.4. The molecule has 1 aromatic carbocycles. The summed E-state index contributed by atoms with van der Waals surface area (Å²) in [4.78, 5) is 0. The lowest BCUT2D eigenvalue weighted by atomic mass is 9.95. The summed E-state index contributed by atoms with van der Waals surface area (Å²) in [6, 6.07) is 7.52. The first kappa shape index (κ1) is 10.2. The Kier molecular flexibility index (Phi) is 3.43. The Morgan fingerprint density at radius 2 is 2.00 bits per heavy atom. The fourth-order valence-electron chi connectivity index (χ4n) is 1.32. The van der Waals surface area contributed by atoms with Gasteiger partial charge in [-0.2, -0.15) is 0 Å². The second kappa shape index (κ2) is 4.38. The summed E-state index contributed by atoms with van der Waals surface area (Å²) < 4.78 is 13.7. The minimum absolute atomic E-state index is 0.110. The third kappa shape index (κ3) is 2.28. The topological polar surface area (TPSA) is 26.0 Å². The van der Waals surface area contributed by atoms with E-state index in [9.17, 15) is 4.39 Å². The molecule has 0 aliphatic rings. The van der Waals surface area contributed by atoms with Gasteiger partial charge in [-0.1, -0.05) is 31.2 Å². The number of hydrogen-bond donors (Lipinski definition) is 1. The molecule has 0 spiro atoms. The molecule has 2 unspecified atom stereocenters. The summed E-state index contributed by atoms with van der Waals surface area (Å²) in [5.41, 5.74) is 7.18. The van der Waals surface area contributed by atoms with Crippen molar-refractivity contribution in [3.63, 3.8) is 0 Å². The van der Waals surface area contributed by atoms with Gasteiger partial charge in [0.1, 0.15) is 6.17 Å². The highest BCUT2D eigenvalue weighted by Gasteiger charge is 2.18. The van der Waals surface area contributed by atoms with Gasteiger partial charge in [0.05, 0.1) is 0 Å². The Morgan fingerprint density at radius 3 is 2.54 bits per heavy atom. The van der Waals surface area contributed by atoms with E-state index in [2.05, 4.69) is 0 Å². The molecule has 0 bridgehead atoms. The van der Waals surface area contributed by atoms with E-state index in [0.717, 1.165) is 11.1 Å². The van der Waals surface area contributed by atoms with Gasteiger partial charge in [0.2, 0.25) is 0 Å². The van der Waals surface area contributed by atoms with Crippen LogP contribution in [0.3, 0.4) is 0 Å². The van der Waals surface area contributed by atoms with Crippen LogP contribution in [-0.2, 0) is 0 Å². The molecular formula is C11H16FN. The van der Waals surface area contributed by atoms with Crippen LogP contribution in [0.25, 0.3) is 0 Å². The van der Waals surface area contributed by atoms with Crippen molar-refractivity contribution in [2.45, 2.75) is 20.0 Å². The van der Waals surface area contributed by atoms with Crippen LogP contribution in [0.15, 0.2) is 24.3 Å². The Bertz CT molecular complexity index is 273. The van der Waals surface area contributed by atoms with E-state index in [1.165, 1.54) is 0 Å². The van der Waals surface area contributed by atoms with Crippen molar-refractivity contribution in [1.29, 1.82) is 0 Å². The van der Waals surface area contributed by atoms with Crippen LogP contribution < -0.4 is 5.73 Å². The predicted octanol–water partition coefficient (Wildman–Crippen LogP) is 2.60. The Balaban J connectivity index is 2.88. The van der Waals surface area contributed by atoms with Crippen LogP contribution in [0, 0.1) is 12.8 Å². The Labute approximate surface area is 78.8 Å². The van der Waals surface area contributed by atoms with Crippen LogP contribution in [-0.4, -0.2) is 6.54 Å². The van der Waals surface area contributed by atoms with Crippen molar-refractivity contribution >= 4 is 0 Å². The summed E-state index contributed by atoms with van der Waals surface area (Å²) in [5.74, 6) is -0.110. The van der Waals surface area contributed by atoms with Crippen LogP contribution in [0.2, 0.25) is 0 Å². The van der Waals surface area contributed by atoms with E-state index in [-0.39, 0.29) is 5.92 Å². The molecule has 72 valence electrons. The highest BCUT2D eigenvalue weighted by Crippen LogP contribution is 2.27. The average Bonchev–Trinajstić information content (AvgIpc) is 2.16. The molecule has 0 saturated carbocycles. The lowest BCUT2D eigenvalue weighted by Crippen LogP contribution is -2.16. The highest BCUT2D eigenvalue weighted by molar-refractivity contribution is 5.28. The first-order valence-corrected chi connectivity index (χ1v) is 4.56. The smallest absolute Gasteiger partial charge is 0.129 e. The third-order valence-electron chi connectivity index (χ3n) is 2.36. The van der Waals surface area contributed by atoms with Gasteiger partial charge in [-0.3, -0.25) is 0 Å². The molecule has 2 N–H and O–H groups in total. The number of halogens is 1. The fourth-order valence-corrected chi connectivity index (χ4v) is 1.32. The number of hydrogen-bond acceptors (Lipinski definition) is 1. The molecule has 1 rings (SSSR count). The molecule has 1 nitrogen and oxygen atoms in total. The van der Waals surface area contributed by atoms with E-state index >= 15 is 0 Å². The van der Waals surface area contributed by atoms with Crippen molar-refractivity contribution < 1.29 is 4.39 Å². The lowest BCUT2D eigenvalue weighted by molar-refractivity contribution is 0.251. The molecule has 0 aliphatic heterocycles. The molecule has 2 atom stereocenters. The second-order valence-electron chi connectivity index (χ2n) is 3.47. The summed E-state index contributed by atoms with van der Waals surface area (Å²) in [6.45, 7) is 4.14. The summed E-state index contributed by atoms with van der Waals surface area (Å²) >= 11 is 0. The molecule has 0 fully saturated rings. The van der Waals surface area contributed by atoms with Gasteiger partial charge in [-0.05, 0) is 24.6 Å². The molecule has 0 aromatic heterocycles. The first-order chi connectivity index (χ1) is 6.16. The highest BCUT2D eigenvalue weighted by atomic mass is 19.1. The van der Waals surface area contributed by atoms with Crippen molar-refractivity contribution in [2.24, 2.45) is 11.7 Å². The van der Waals surface area contributed by atoms with Crippen LogP contribution in [0.5, 0.6) is 0 Å². The number of alkyl halides is 1. The van der Waals surface area contributed by atoms with Crippen LogP contribution >= 0.6 is 0 Å². The predicted molar refractivity (Wildman–Crippen MR) is 53.2 cm³/mol. The second-order valence-corrected chi connectivity index (χ2v) is 3.47. The van der Waals surface area contributed by atoms with E-state index in [4.69, 9.17) is 5.73 Å². The van der Waals surface area contributed by atoms with Gasteiger partial charge >= 0.3 is 0 Å². The van der Waals surface area contributed by atoms with Crippen molar-refractivity contribution in [3.05, 3.63) is 35.4 Å². The fraction of sp³-hybridized carbons (Fsp3) is 0.455. The molecule has 0 heterocycles. The third-order valence-corrected chi connectivity index (χ3v) is 2.36. The summed E-state index contributed by atoms with van der Waals surface area (Å²) in [7, 11) is 0. The minimum atomic E-state index is -0.939. The molecular weight excluding hydrogens is 165 g/mol. The van der Waals surface area contributed by atoms with E-state index < -0.39 is 6.17 Å². The summed E-state index contributed by atoms with van der Waals surface area (Å²) in [6.07, 6.45) is -0.939. The molecule has 1 aromatic rings. The quantitative estimate of drug-likeness (QED) is 0.762. The number of rotatable bonds is 3. The Hall–Kier alpha value is -0.890. The van der Waals surface area contributed by atoms with Crippen LogP contribution in [0.1, 0.15) is 24.2 Å². The number of benzene rings is 1. The van der Waals surface area contributed by atoms with Crippen LogP contribution in [0.4, 0.5) is 4.39 Å². The van der Waals surface area contributed by atoms with E-state index in [1.54, 1.807) is 0 Å². The van der Waals surface area contributed by atoms with Crippen molar-refractivity contribution in [1.82, 2.24) is 0 Å². The number of nitrogens with two attached hydrogens (primary N) is 1. The monoisotopic (exact) mass is 181 g/mol. The van der Waals surface area contributed by atoms with Crippen molar-refractivity contribution in [2.75, 3.05) is 6.54 Å². The maximum absolute atomic E-state index is 13.7. The molecule has 0 radical (unpaired) electrons. The zero-order valence-electron chi connectivity index (χ0n) is 8.13. The average molecular weight is 181 g/mol. The van der Waals surface area contributed by atoms with Gasteiger partial charge in [0.25, 0.3) is 0 Å². The van der Waals surface area contributed by atoms with Gasteiger partial charge in [-0.25, -0.2) is 4.39 Å². The van der Waals surface area contributed by atoms with Gasteiger partial charge in [0.15, 0.2) is 0 Å². The van der Waals surface area contributed by atoms with E-state index in [1.807, 2.05) is 38.1 Å². The Morgan fingerprint density at radius 1 is 1.38 bits per heavy atom. The van der Waals surface area contributed by atoms with Gasteiger partial charge in [0, 0.05) is 5.92 Å². The largest absolute Gasteiger partial charge is 0.330 e. The zero-order chi connectivity index (χ0) is 9.84. The standard InChI is InChI=1S/C11H16FN/c1-8-5-3-4-6-10(8)11(12)9(2)7-13/h3-6,9,11H,7,13H2,1-2H3.